The summed E-state index contributed by atoms with van der Waals surface area (Å²) in [5.74, 6) is 0.936. The van der Waals surface area contributed by atoms with E-state index in [0.717, 1.165) is 57.3 Å². The average Bonchev–Trinajstić information content (AvgIpc) is 2.58. The third-order valence-corrected chi connectivity index (χ3v) is 5.30. The molecule has 3 N–H and O–H groups in total. The Balaban J connectivity index is 1.74. The predicted octanol–water partition coefficient (Wildman–Crippen LogP) is 2.11. The van der Waals surface area contributed by atoms with Crippen molar-refractivity contribution in [2.24, 2.45) is 4.99 Å². The molecule has 23 heavy (non-hydrogen) atoms. The second-order valence-electron chi connectivity index (χ2n) is 7.18. The van der Waals surface area contributed by atoms with E-state index in [9.17, 15) is 5.11 Å². The molecule has 2 aliphatic rings. The van der Waals surface area contributed by atoms with Crippen LogP contribution in [0.15, 0.2) is 4.99 Å². The summed E-state index contributed by atoms with van der Waals surface area (Å²) in [6.45, 7) is 4.87. The first-order valence-corrected chi connectivity index (χ1v) is 9.62. The minimum atomic E-state index is -0.100. The van der Waals surface area contributed by atoms with E-state index in [0.29, 0.717) is 6.04 Å². The van der Waals surface area contributed by atoms with Crippen molar-refractivity contribution < 1.29 is 5.11 Å². The molecule has 0 saturated heterocycles. The number of nitrogens with zero attached hydrogens (tertiary/aromatic N) is 2. The lowest BCUT2D eigenvalue weighted by molar-refractivity contribution is 0.120. The molecule has 134 valence electrons. The number of guanidine groups is 1. The van der Waals surface area contributed by atoms with Gasteiger partial charge in [0.1, 0.15) is 0 Å². The Morgan fingerprint density at radius 3 is 2.43 bits per heavy atom. The Morgan fingerprint density at radius 1 is 1.09 bits per heavy atom. The van der Waals surface area contributed by atoms with E-state index in [2.05, 4.69) is 29.5 Å². The van der Waals surface area contributed by atoms with Crippen LogP contribution in [0.1, 0.15) is 64.7 Å². The third-order valence-electron chi connectivity index (χ3n) is 5.30. The Hall–Kier alpha value is -0.810. The summed E-state index contributed by atoms with van der Waals surface area (Å²) >= 11 is 0. The molecule has 0 atom stereocenters. The van der Waals surface area contributed by atoms with Gasteiger partial charge in [0.05, 0.1) is 12.6 Å². The van der Waals surface area contributed by atoms with Gasteiger partial charge in [-0.15, -0.1) is 0 Å². The molecular weight excluding hydrogens is 288 g/mol. The maximum absolute atomic E-state index is 9.61. The minimum absolute atomic E-state index is 0.100. The lowest BCUT2D eigenvalue weighted by Gasteiger charge is -2.31. The van der Waals surface area contributed by atoms with Gasteiger partial charge in [0, 0.05) is 25.2 Å². The van der Waals surface area contributed by atoms with Crippen molar-refractivity contribution in [2.75, 3.05) is 26.7 Å². The van der Waals surface area contributed by atoms with Crippen LogP contribution < -0.4 is 10.6 Å². The molecule has 0 heterocycles. The van der Waals surface area contributed by atoms with Crippen molar-refractivity contribution in [1.82, 2.24) is 15.5 Å². The zero-order chi connectivity index (χ0) is 16.5. The minimum Gasteiger partial charge on any atom is -0.393 e. The van der Waals surface area contributed by atoms with Gasteiger partial charge in [-0.05, 0) is 52.5 Å². The lowest BCUT2D eigenvalue weighted by Crippen LogP contribution is -2.45. The number of likely N-dealkylation sites (N-methyl/N-ethyl adjacent to an activating group) is 1. The molecule has 0 amide bonds. The molecule has 0 aromatic rings. The number of aliphatic hydroxyl groups excluding tert-OH is 1. The van der Waals surface area contributed by atoms with Crippen molar-refractivity contribution >= 4 is 5.96 Å². The number of aliphatic hydroxyl groups is 1. The number of nitrogens with one attached hydrogen (secondary N) is 2. The Bertz CT molecular complexity index is 347. The SMILES string of the molecule is CCNC(=NCCN(C)C1CCCCC1)NC1CCC(O)CC1. The van der Waals surface area contributed by atoms with Gasteiger partial charge in [-0.2, -0.15) is 0 Å². The Kier molecular flexibility index (Phi) is 8.17. The van der Waals surface area contributed by atoms with Gasteiger partial charge >= 0.3 is 0 Å². The molecule has 0 aromatic carbocycles. The first-order valence-electron chi connectivity index (χ1n) is 9.62. The van der Waals surface area contributed by atoms with E-state index < -0.39 is 0 Å². The van der Waals surface area contributed by atoms with Gasteiger partial charge in [0.25, 0.3) is 0 Å². The van der Waals surface area contributed by atoms with Crippen LogP contribution in [0.25, 0.3) is 0 Å². The molecule has 0 radical (unpaired) electrons. The normalized spacial score (nSPS) is 27.2. The van der Waals surface area contributed by atoms with E-state index in [4.69, 9.17) is 4.99 Å². The zero-order valence-corrected chi connectivity index (χ0v) is 15.1. The van der Waals surface area contributed by atoms with Gasteiger partial charge in [0.2, 0.25) is 0 Å². The summed E-state index contributed by atoms with van der Waals surface area (Å²) in [6, 6.07) is 1.21. The second kappa shape index (κ2) is 10.1. The van der Waals surface area contributed by atoms with Crippen molar-refractivity contribution in [3.8, 4) is 0 Å². The average molecular weight is 325 g/mol. The molecular formula is C18H36N4O. The Morgan fingerprint density at radius 2 is 1.78 bits per heavy atom. The van der Waals surface area contributed by atoms with Gasteiger partial charge in [0.15, 0.2) is 5.96 Å². The van der Waals surface area contributed by atoms with Gasteiger partial charge in [-0.1, -0.05) is 19.3 Å². The maximum atomic E-state index is 9.61. The monoisotopic (exact) mass is 324 g/mol. The van der Waals surface area contributed by atoms with Crippen LogP contribution in [-0.2, 0) is 0 Å². The van der Waals surface area contributed by atoms with E-state index in [1.807, 2.05) is 0 Å². The van der Waals surface area contributed by atoms with Crippen LogP contribution >= 0.6 is 0 Å². The molecule has 2 aliphatic carbocycles. The van der Waals surface area contributed by atoms with Gasteiger partial charge < -0.3 is 20.6 Å². The van der Waals surface area contributed by atoms with Crippen LogP contribution in [0.3, 0.4) is 0 Å². The van der Waals surface area contributed by atoms with E-state index in [-0.39, 0.29) is 6.10 Å². The molecule has 0 aliphatic heterocycles. The van der Waals surface area contributed by atoms with E-state index >= 15 is 0 Å². The van der Waals surface area contributed by atoms with Gasteiger partial charge in [-0.3, -0.25) is 4.99 Å². The van der Waals surface area contributed by atoms with Crippen LogP contribution in [0.5, 0.6) is 0 Å². The summed E-state index contributed by atoms with van der Waals surface area (Å²) < 4.78 is 0. The lowest BCUT2D eigenvalue weighted by atomic mass is 9.93. The summed E-state index contributed by atoms with van der Waals surface area (Å²) in [4.78, 5) is 7.24. The number of aliphatic imine (C=N–C) groups is 1. The van der Waals surface area contributed by atoms with E-state index in [1.54, 1.807) is 0 Å². The van der Waals surface area contributed by atoms with Crippen LogP contribution in [0.4, 0.5) is 0 Å². The Labute approximate surface area is 141 Å². The smallest absolute Gasteiger partial charge is 0.191 e. The topological polar surface area (TPSA) is 59.9 Å². The fourth-order valence-corrected chi connectivity index (χ4v) is 3.76. The molecule has 0 spiro atoms. The summed E-state index contributed by atoms with van der Waals surface area (Å²) in [6.07, 6.45) is 10.7. The maximum Gasteiger partial charge on any atom is 0.191 e. The largest absolute Gasteiger partial charge is 0.393 e. The highest BCUT2D eigenvalue weighted by Crippen LogP contribution is 2.21. The number of rotatable bonds is 6. The van der Waals surface area contributed by atoms with Crippen LogP contribution in [0.2, 0.25) is 0 Å². The first-order chi connectivity index (χ1) is 11.2. The summed E-state index contributed by atoms with van der Waals surface area (Å²) in [7, 11) is 2.24. The molecule has 2 saturated carbocycles. The highest BCUT2D eigenvalue weighted by atomic mass is 16.3. The van der Waals surface area contributed by atoms with Gasteiger partial charge in [-0.25, -0.2) is 0 Å². The number of hydrogen-bond acceptors (Lipinski definition) is 3. The fourth-order valence-electron chi connectivity index (χ4n) is 3.76. The first kappa shape index (κ1) is 18.5. The molecule has 0 unspecified atom stereocenters. The van der Waals surface area contributed by atoms with Crippen LogP contribution in [-0.4, -0.2) is 60.8 Å². The van der Waals surface area contributed by atoms with Crippen molar-refractivity contribution in [3.05, 3.63) is 0 Å². The zero-order valence-electron chi connectivity index (χ0n) is 15.1. The quantitative estimate of drug-likeness (QED) is 0.517. The highest BCUT2D eigenvalue weighted by Gasteiger charge is 2.20. The predicted molar refractivity (Wildman–Crippen MR) is 96.9 cm³/mol. The number of hydrogen-bond donors (Lipinski definition) is 3. The molecule has 5 nitrogen and oxygen atoms in total. The molecule has 2 fully saturated rings. The molecule has 0 bridgehead atoms. The van der Waals surface area contributed by atoms with E-state index in [1.165, 1.54) is 32.1 Å². The molecule has 5 heteroatoms. The van der Waals surface area contributed by atoms with Crippen molar-refractivity contribution in [1.29, 1.82) is 0 Å². The van der Waals surface area contributed by atoms with Crippen LogP contribution in [0, 0.1) is 0 Å². The summed E-state index contributed by atoms with van der Waals surface area (Å²) in [5.41, 5.74) is 0. The molecule has 2 rings (SSSR count). The standard InChI is InChI=1S/C18H36N4O/c1-3-19-18(21-15-9-11-17(23)12-10-15)20-13-14-22(2)16-7-5-4-6-8-16/h15-17,23H,3-14H2,1-2H3,(H2,19,20,21). The summed E-state index contributed by atoms with van der Waals surface area (Å²) in [5, 5.41) is 16.5. The fraction of sp³-hybridized carbons (Fsp3) is 0.944. The highest BCUT2D eigenvalue weighted by molar-refractivity contribution is 5.80. The molecule has 0 aromatic heterocycles. The van der Waals surface area contributed by atoms with Crippen molar-refractivity contribution in [2.45, 2.75) is 82.9 Å². The van der Waals surface area contributed by atoms with Crippen molar-refractivity contribution in [3.63, 3.8) is 0 Å². The second-order valence-corrected chi connectivity index (χ2v) is 7.18. The third kappa shape index (κ3) is 6.68.